The lowest BCUT2D eigenvalue weighted by molar-refractivity contribution is -0.318. The topological polar surface area (TPSA) is 166 Å². The highest BCUT2D eigenvalue weighted by molar-refractivity contribution is 5.73. The highest BCUT2D eigenvalue weighted by atomic mass is 16.6. The highest BCUT2D eigenvalue weighted by Gasteiger charge is 2.48. The third-order valence-electron chi connectivity index (χ3n) is 3.53. The Morgan fingerprint density at radius 2 is 2.05 bits per heavy atom. The monoisotopic (exact) mass is 308 g/mol. The molecule has 0 bridgehead atoms. The lowest BCUT2D eigenvalue weighted by Crippen LogP contribution is -2.65. The van der Waals surface area contributed by atoms with Gasteiger partial charge in [0.2, 0.25) is 5.79 Å². The Bertz CT molecular complexity index is 344. The zero-order valence-electron chi connectivity index (χ0n) is 11.7. The first-order chi connectivity index (χ1) is 9.81. The molecule has 1 saturated heterocycles. The molecule has 21 heavy (non-hydrogen) atoms. The van der Waals surface area contributed by atoms with E-state index in [0.29, 0.717) is 25.8 Å². The van der Waals surface area contributed by atoms with Crippen molar-refractivity contribution in [2.75, 3.05) is 19.7 Å². The second-order valence-corrected chi connectivity index (χ2v) is 5.21. The third kappa shape index (κ3) is 4.85. The van der Waals surface area contributed by atoms with Crippen molar-refractivity contribution in [2.24, 2.45) is 5.73 Å². The summed E-state index contributed by atoms with van der Waals surface area (Å²) >= 11 is 0. The van der Waals surface area contributed by atoms with E-state index in [0.717, 1.165) is 0 Å². The van der Waals surface area contributed by atoms with E-state index in [4.69, 9.17) is 15.6 Å². The van der Waals surface area contributed by atoms with Crippen LogP contribution in [0.2, 0.25) is 0 Å². The van der Waals surface area contributed by atoms with Crippen molar-refractivity contribution in [1.82, 2.24) is 5.32 Å². The van der Waals surface area contributed by atoms with Gasteiger partial charge in [-0.1, -0.05) is 6.42 Å². The average molecular weight is 308 g/mol. The van der Waals surface area contributed by atoms with Gasteiger partial charge in [-0.25, -0.2) is 0 Å². The summed E-state index contributed by atoms with van der Waals surface area (Å²) in [5.74, 6) is -3.25. The molecule has 1 rings (SSSR count). The summed E-state index contributed by atoms with van der Waals surface area (Å²) in [4.78, 5) is 11.1. The molecule has 1 aliphatic rings. The predicted molar refractivity (Wildman–Crippen MR) is 71.3 cm³/mol. The van der Waals surface area contributed by atoms with Crippen molar-refractivity contribution in [2.45, 2.75) is 49.4 Å². The van der Waals surface area contributed by atoms with Crippen molar-refractivity contribution in [3.05, 3.63) is 0 Å². The Morgan fingerprint density at radius 3 is 2.62 bits per heavy atom. The molecule has 1 heterocycles. The Labute approximate surface area is 122 Å². The minimum Gasteiger partial charge on any atom is -0.480 e. The van der Waals surface area contributed by atoms with Crippen LogP contribution in [0.25, 0.3) is 0 Å². The van der Waals surface area contributed by atoms with Crippen LogP contribution < -0.4 is 11.1 Å². The fourth-order valence-electron chi connectivity index (χ4n) is 2.12. The molecule has 5 atom stereocenters. The van der Waals surface area contributed by atoms with Crippen LogP contribution in [0, 0.1) is 0 Å². The molecule has 0 aromatic carbocycles. The van der Waals surface area contributed by atoms with E-state index in [1.807, 2.05) is 0 Å². The molecule has 8 N–H and O–H groups in total. The van der Waals surface area contributed by atoms with Crippen LogP contribution in [0.15, 0.2) is 0 Å². The quantitative estimate of drug-likeness (QED) is 0.231. The molecular formula is C12H24N2O7. The summed E-state index contributed by atoms with van der Waals surface area (Å²) in [6.07, 6.45) is -3.02. The maximum atomic E-state index is 11.1. The van der Waals surface area contributed by atoms with Gasteiger partial charge in [-0.05, 0) is 19.4 Å². The number of ether oxygens (including phenoxy) is 1. The standard InChI is InChI=1S/C12H24N2O7/c13-4-2-1-3-7(11(18)19)14-6-12(20)10(17)9(16)8(15)5-21-12/h7-10,14-17,20H,1-6,13H2,(H,18,19)/t7-,8+,9+,10-,12+/m0/s1. The van der Waals surface area contributed by atoms with Crippen LogP contribution in [0.1, 0.15) is 19.3 Å². The summed E-state index contributed by atoms with van der Waals surface area (Å²) in [7, 11) is 0. The largest absolute Gasteiger partial charge is 0.480 e. The van der Waals surface area contributed by atoms with E-state index in [1.54, 1.807) is 0 Å². The number of carbonyl (C=O) groups is 1. The molecule has 0 aromatic heterocycles. The predicted octanol–water partition coefficient (Wildman–Crippen LogP) is -3.04. The maximum absolute atomic E-state index is 11.1. The molecule has 9 heteroatoms. The molecule has 0 amide bonds. The number of carboxylic acid groups (broad SMARTS) is 1. The molecule has 1 aliphatic heterocycles. The Kier molecular flexibility index (Phi) is 6.94. The molecule has 0 aromatic rings. The molecule has 1 fully saturated rings. The Morgan fingerprint density at radius 1 is 1.38 bits per heavy atom. The fourth-order valence-corrected chi connectivity index (χ4v) is 2.12. The van der Waals surface area contributed by atoms with Gasteiger partial charge >= 0.3 is 5.97 Å². The van der Waals surface area contributed by atoms with Gasteiger partial charge in [0.1, 0.15) is 24.4 Å². The normalized spacial score (nSPS) is 34.6. The number of aliphatic hydroxyl groups is 4. The molecule has 0 aliphatic carbocycles. The zero-order chi connectivity index (χ0) is 16.0. The number of aliphatic hydroxyl groups excluding tert-OH is 3. The highest BCUT2D eigenvalue weighted by Crippen LogP contribution is 2.23. The van der Waals surface area contributed by atoms with Crippen LogP contribution >= 0.6 is 0 Å². The minimum atomic E-state index is -2.15. The van der Waals surface area contributed by atoms with Crippen molar-refractivity contribution >= 4 is 5.97 Å². The lowest BCUT2D eigenvalue weighted by Gasteiger charge is -2.42. The van der Waals surface area contributed by atoms with E-state index in [9.17, 15) is 25.2 Å². The van der Waals surface area contributed by atoms with Gasteiger partial charge in [-0.15, -0.1) is 0 Å². The Hall–Kier alpha value is -0.810. The number of carboxylic acids is 1. The second-order valence-electron chi connectivity index (χ2n) is 5.21. The molecular weight excluding hydrogens is 284 g/mol. The van der Waals surface area contributed by atoms with E-state index in [2.05, 4.69) is 5.32 Å². The van der Waals surface area contributed by atoms with Gasteiger partial charge < -0.3 is 36.0 Å². The van der Waals surface area contributed by atoms with Crippen LogP contribution in [0.3, 0.4) is 0 Å². The number of unbranched alkanes of at least 4 members (excludes halogenated alkanes) is 1. The number of aliphatic carboxylic acids is 1. The Balaban J connectivity index is 2.55. The molecule has 0 spiro atoms. The van der Waals surface area contributed by atoms with Gasteiger partial charge in [-0.3, -0.25) is 10.1 Å². The van der Waals surface area contributed by atoms with Gasteiger partial charge in [0.25, 0.3) is 0 Å². The number of nitrogens with two attached hydrogens (primary N) is 1. The van der Waals surface area contributed by atoms with Crippen molar-refractivity contribution in [3.8, 4) is 0 Å². The summed E-state index contributed by atoms with van der Waals surface area (Å²) < 4.78 is 4.94. The van der Waals surface area contributed by atoms with Crippen LogP contribution in [-0.2, 0) is 9.53 Å². The maximum Gasteiger partial charge on any atom is 0.320 e. The van der Waals surface area contributed by atoms with Gasteiger partial charge in [0.05, 0.1) is 13.2 Å². The first-order valence-electron chi connectivity index (χ1n) is 6.88. The van der Waals surface area contributed by atoms with Crippen molar-refractivity contribution in [3.63, 3.8) is 0 Å². The number of rotatable bonds is 8. The van der Waals surface area contributed by atoms with E-state index >= 15 is 0 Å². The van der Waals surface area contributed by atoms with Crippen LogP contribution in [-0.4, -0.2) is 81.3 Å². The summed E-state index contributed by atoms with van der Waals surface area (Å²) in [5, 5.41) is 50.4. The smallest absolute Gasteiger partial charge is 0.320 e. The third-order valence-corrected chi connectivity index (χ3v) is 3.53. The average Bonchev–Trinajstić information content (AvgIpc) is 2.45. The zero-order valence-corrected chi connectivity index (χ0v) is 11.7. The molecule has 0 saturated carbocycles. The molecule has 9 nitrogen and oxygen atoms in total. The number of hydrogen-bond acceptors (Lipinski definition) is 8. The fraction of sp³-hybridized carbons (Fsp3) is 0.917. The van der Waals surface area contributed by atoms with E-state index < -0.39 is 42.7 Å². The first-order valence-corrected chi connectivity index (χ1v) is 6.88. The first kappa shape index (κ1) is 18.2. The minimum absolute atomic E-state index is 0.309. The van der Waals surface area contributed by atoms with E-state index in [-0.39, 0.29) is 6.61 Å². The summed E-state index contributed by atoms with van der Waals surface area (Å²) in [6.45, 7) is -0.291. The second kappa shape index (κ2) is 7.99. The lowest BCUT2D eigenvalue weighted by atomic mass is 9.96. The SMILES string of the molecule is NCCCC[C@H](NC[C@@]1(O)OC[C@@H](O)[C@@H](O)[C@@H]1O)C(=O)O. The number of hydrogen-bond donors (Lipinski definition) is 7. The van der Waals surface area contributed by atoms with Crippen LogP contribution in [0.5, 0.6) is 0 Å². The van der Waals surface area contributed by atoms with Crippen LogP contribution in [0.4, 0.5) is 0 Å². The van der Waals surface area contributed by atoms with Crippen molar-refractivity contribution in [1.29, 1.82) is 0 Å². The number of nitrogens with one attached hydrogen (secondary N) is 1. The van der Waals surface area contributed by atoms with Gasteiger partial charge in [0.15, 0.2) is 0 Å². The summed E-state index contributed by atoms with van der Waals surface area (Å²) in [5.41, 5.74) is 5.34. The molecule has 0 unspecified atom stereocenters. The van der Waals surface area contributed by atoms with Crippen molar-refractivity contribution < 1.29 is 35.1 Å². The van der Waals surface area contributed by atoms with Gasteiger partial charge in [-0.2, -0.15) is 0 Å². The molecule has 124 valence electrons. The van der Waals surface area contributed by atoms with Gasteiger partial charge in [0, 0.05) is 0 Å². The van der Waals surface area contributed by atoms with E-state index in [1.165, 1.54) is 0 Å². The molecule has 0 radical (unpaired) electrons. The summed E-state index contributed by atoms with van der Waals surface area (Å²) in [6, 6.07) is -0.930.